The summed E-state index contributed by atoms with van der Waals surface area (Å²) in [6.45, 7) is 0. The SMILES string of the molecule is COc1ccccc1C(NC(=O)/C=C/c1cccc(F)c1)c1nccn1C. The summed E-state index contributed by atoms with van der Waals surface area (Å²) in [6.07, 6.45) is 6.43. The number of hydrogen-bond acceptors (Lipinski definition) is 3. The molecule has 2 aromatic carbocycles. The molecule has 0 saturated heterocycles. The van der Waals surface area contributed by atoms with Crippen molar-refractivity contribution in [3.63, 3.8) is 0 Å². The fourth-order valence-electron chi connectivity index (χ4n) is 2.81. The number of amides is 1. The predicted molar refractivity (Wildman–Crippen MR) is 102 cm³/mol. The number of halogens is 1. The first kappa shape index (κ1) is 18.4. The summed E-state index contributed by atoms with van der Waals surface area (Å²) in [5.41, 5.74) is 1.40. The molecular weight excluding hydrogens is 345 g/mol. The number of carbonyl (C=O) groups excluding carboxylic acids is 1. The molecule has 3 rings (SSSR count). The molecule has 1 atom stereocenters. The van der Waals surface area contributed by atoms with E-state index < -0.39 is 6.04 Å². The van der Waals surface area contributed by atoms with E-state index in [1.165, 1.54) is 18.2 Å². The summed E-state index contributed by atoms with van der Waals surface area (Å²) in [5.74, 6) is 0.655. The number of aryl methyl sites for hydroxylation is 1. The van der Waals surface area contributed by atoms with E-state index in [4.69, 9.17) is 4.74 Å². The van der Waals surface area contributed by atoms with E-state index >= 15 is 0 Å². The predicted octanol–water partition coefficient (Wildman–Crippen LogP) is 3.49. The Labute approximate surface area is 157 Å². The van der Waals surface area contributed by atoms with Crippen LogP contribution in [-0.2, 0) is 11.8 Å². The molecule has 0 aliphatic rings. The minimum atomic E-state index is -0.495. The van der Waals surface area contributed by atoms with Gasteiger partial charge < -0.3 is 14.6 Å². The van der Waals surface area contributed by atoms with Crippen molar-refractivity contribution in [1.82, 2.24) is 14.9 Å². The van der Waals surface area contributed by atoms with Crippen LogP contribution < -0.4 is 10.1 Å². The van der Waals surface area contributed by atoms with E-state index in [0.29, 0.717) is 17.1 Å². The Morgan fingerprint density at radius 2 is 2.07 bits per heavy atom. The second-order valence-electron chi connectivity index (χ2n) is 5.97. The number of aromatic nitrogens is 2. The first-order chi connectivity index (χ1) is 13.1. The van der Waals surface area contributed by atoms with Gasteiger partial charge in [-0.25, -0.2) is 9.37 Å². The first-order valence-corrected chi connectivity index (χ1v) is 8.43. The molecule has 6 heteroatoms. The van der Waals surface area contributed by atoms with Crippen molar-refractivity contribution in [3.05, 3.63) is 89.8 Å². The van der Waals surface area contributed by atoms with Crippen LogP contribution in [0.3, 0.4) is 0 Å². The zero-order valence-electron chi connectivity index (χ0n) is 15.1. The molecule has 0 saturated carbocycles. The van der Waals surface area contributed by atoms with Crippen LogP contribution >= 0.6 is 0 Å². The number of para-hydroxylation sites is 1. The lowest BCUT2D eigenvalue weighted by Crippen LogP contribution is -2.30. The molecule has 1 aromatic heterocycles. The number of benzene rings is 2. The van der Waals surface area contributed by atoms with Crippen LogP contribution in [0.5, 0.6) is 5.75 Å². The molecule has 1 N–H and O–H groups in total. The molecule has 0 bridgehead atoms. The number of nitrogens with zero attached hydrogens (tertiary/aromatic N) is 2. The molecule has 27 heavy (non-hydrogen) atoms. The lowest BCUT2D eigenvalue weighted by atomic mass is 10.0. The monoisotopic (exact) mass is 365 g/mol. The maximum atomic E-state index is 13.3. The molecule has 138 valence electrons. The van der Waals surface area contributed by atoms with Gasteiger partial charge in [-0.05, 0) is 29.8 Å². The normalized spacial score (nSPS) is 12.1. The maximum Gasteiger partial charge on any atom is 0.244 e. The van der Waals surface area contributed by atoms with Crippen LogP contribution in [-0.4, -0.2) is 22.6 Å². The highest BCUT2D eigenvalue weighted by atomic mass is 19.1. The first-order valence-electron chi connectivity index (χ1n) is 8.43. The minimum Gasteiger partial charge on any atom is -0.496 e. The molecule has 5 nitrogen and oxygen atoms in total. The zero-order chi connectivity index (χ0) is 19.2. The van der Waals surface area contributed by atoms with Gasteiger partial charge in [0.2, 0.25) is 5.91 Å². The quantitative estimate of drug-likeness (QED) is 0.681. The summed E-state index contributed by atoms with van der Waals surface area (Å²) < 4.78 is 20.6. The topological polar surface area (TPSA) is 56.1 Å². The number of methoxy groups -OCH3 is 1. The molecule has 3 aromatic rings. The largest absolute Gasteiger partial charge is 0.496 e. The molecule has 0 spiro atoms. The molecule has 1 heterocycles. The van der Waals surface area contributed by atoms with Crippen molar-refractivity contribution in [2.75, 3.05) is 7.11 Å². The van der Waals surface area contributed by atoms with Gasteiger partial charge in [-0.1, -0.05) is 30.3 Å². The van der Waals surface area contributed by atoms with Crippen molar-refractivity contribution in [3.8, 4) is 5.75 Å². The van der Waals surface area contributed by atoms with Crippen LogP contribution in [0.25, 0.3) is 6.08 Å². The van der Waals surface area contributed by atoms with Crippen LogP contribution in [0.2, 0.25) is 0 Å². The Morgan fingerprint density at radius 3 is 2.78 bits per heavy atom. The fourth-order valence-corrected chi connectivity index (χ4v) is 2.81. The van der Waals surface area contributed by atoms with Gasteiger partial charge in [0.25, 0.3) is 0 Å². The van der Waals surface area contributed by atoms with Crippen molar-refractivity contribution < 1.29 is 13.9 Å². The smallest absolute Gasteiger partial charge is 0.244 e. The third kappa shape index (κ3) is 4.41. The minimum absolute atomic E-state index is 0.321. The number of hydrogen-bond donors (Lipinski definition) is 1. The van der Waals surface area contributed by atoms with E-state index in [1.54, 1.807) is 31.5 Å². The Kier molecular flexibility index (Phi) is 5.66. The van der Waals surface area contributed by atoms with Crippen LogP contribution in [0, 0.1) is 5.82 Å². The summed E-state index contributed by atoms with van der Waals surface area (Å²) in [6, 6.07) is 13.0. The molecule has 0 aliphatic heterocycles. The number of ether oxygens (including phenoxy) is 1. The van der Waals surface area contributed by atoms with E-state index in [9.17, 15) is 9.18 Å². The molecule has 0 radical (unpaired) electrons. The third-order valence-electron chi connectivity index (χ3n) is 4.13. The van der Waals surface area contributed by atoms with Crippen LogP contribution in [0.4, 0.5) is 4.39 Å². The van der Waals surface area contributed by atoms with E-state index in [-0.39, 0.29) is 11.7 Å². The van der Waals surface area contributed by atoms with Gasteiger partial charge in [-0.3, -0.25) is 4.79 Å². The summed E-state index contributed by atoms with van der Waals surface area (Å²) >= 11 is 0. The van der Waals surface area contributed by atoms with Gasteiger partial charge in [-0.2, -0.15) is 0 Å². The lowest BCUT2D eigenvalue weighted by molar-refractivity contribution is -0.117. The summed E-state index contributed by atoms with van der Waals surface area (Å²) in [5, 5.41) is 2.95. The molecule has 0 fully saturated rings. The molecular formula is C21H20FN3O2. The van der Waals surface area contributed by atoms with Crippen LogP contribution in [0.1, 0.15) is 23.0 Å². The van der Waals surface area contributed by atoms with Gasteiger partial charge in [0.1, 0.15) is 23.4 Å². The highest BCUT2D eigenvalue weighted by Gasteiger charge is 2.23. The lowest BCUT2D eigenvalue weighted by Gasteiger charge is -2.20. The van der Waals surface area contributed by atoms with E-state index in [1.807, 2.05) is 42.1 Å². The Balaban J connectivity index is 1.88. The molecule has 0 aliphatic carbocycles. The zero-order valence-corrected chi connectivity index (χ0v) is 15.1. The second kappa shape index (κ2) is 8.31. The van der Waals surface area contributed by atoms with E-state index in [2.05, 4.69) is 10.3 Å². The molecule has 1 unspecified atom stereocenters. The Bertz CT molecular complexity index is 965. The molecule has 1 amide bonds. The highest BCUT2D eigenvalue weighted by molar-refractivity contribution is 5.92. The summed E-state index contributed by atoms with van der Waals surface area (Å²) in [4.78, 5) is 16.9. The standard InChI is InChI=1S/C21H20FN3O2/c1-25-13-12-23-21(25)20(17-8-3-4-9-18(17)27-2)24-19(26)11-10-15-6-5-7-16(22)14-15/h3-14,20H,1-2H3,(H,24,26)/b11-10+. The second-order valence-corrected chi connectivity index (χ2v) is 5.97. The average molecular weight is 365 g/mol. The van der Waals surface area contributed by atoms with Crippen molar-refractivity contribution in [2.45, 2.75) is 6.04 Å². The third-order valence-corrected chi connectivity index (χ3v) is 4.13. The summed E-state index contributed by atoms with van der Waals surface area (Å²) in [7, 11) is 3.44. The van der Waals surface area contributed by atoms with Crippen molar-refractivity contribution >= 4 is 12.0 Å². The van der Waals surface area contributed by atoms with Gasteiger partial charge in [0.05, 0.1) is 7.11 Å². The van der Waals surface area contributed by atoms with Crippen molar-refractivity contribution in [1.29, 1.82) is 0 Å². The number of carbonyl (C=O) groups is 1. The Morgan fingerprint density at radius 1 is 1.26 bits per heavy atom. The maximum absolute atomic E-state index is 13.3. The number of nitrogens with one attached hydrogen (secondary N) is 1. The van der Waals surface area contributed by atoms with Gasteiger partial charge in [0.15, 0.2) is 0 Å². The number of imidazole rings is 1. The number of rotatable bonds is 6. The fraction of sp³-hybridized carbons (Fsp3) is 0.143. The highest BCUT2D eigenvalue weighted by Crippen LogP contribution is 2.29. The Hall–Kier alpha value is -3.41. The average Bonchev–Trinajstić information content (AvgIpc) is 3.10. The van der Waals surface area contributed by atoms with Crippen LogP contribution in [0.15, 0.2) is 67.0 Å². The van der Waals surface area contributed by atoms with Gasteiger partial charge >= 0.3 is 0 Å². The van der Waals surface area contributed by atoms with Crippen molar-refractivity contribution in [2.24, 2.45) is 7.05 Å². The van der Waals surface area contributed by atoms with Gasteiger partial charge in [-0.15, -0.1) is 0 Å². The van der Waals surface area contributed by atoms with Gasteiger partial charge in [0, 0.05) is 31.1 Å². The van der Waals surface area contributed by atoms with E-state index in [0.717, 1.165) is 5.56 Å².